The lowest BCUT2D eigenvalue weighted by Crippen LogP contribution is -2.24. The van der Waals surface area contributed by atoms with Crippen molar-refractivity contribution in [2.45, 2.75) is 25.0 Å². The molecule has 0 aliphatic rings. The van der Waals surface area contributed by atoms with Gasteiger partial charge in [-0.25, -0.2) is 4.98 Å². The molecule has 8 heteroatoms. The van der Waals surface area contributed by atoms with E-state index in [1.807, 2.05) is 19.1 Å². The Balaban J connectivity index is 1.89. The molecule has 30 heavy (non-hydrogen) atoms. The van der Waals surface area contributed by atoms with Crippen LogP contribution < -0.4 is 10.3 Å². The first kappa shape index (κ1) is 22.5. The standard InChI is InChI=1S/C22H23BrN2O4S/c1-3-29-12-6-11-25-21(27)17-13-15(23)9-10-18(17)24-22(25)30-14-19(26)16-7-4-5-8-20(16)28-2/h4-5,7-10,13H,3,6,11-12,14H2,1-2H3. The van der Waals surface area contributed by atoms with E-state index in [2.05, 4.69) is 20.9 Å². The molecule has 0 radical (unpaired) electrons. The van der Waals surface area contributed by atoms with Crippen LogP contribution in [0, 0.1) is 0 Å². The predicted molar refractivity (Wildman–Crippen MR) is 123 cm³/mol. The average molecular weight is 491 g/mol. The Morgan fingerprint density at radius 1 is 1.23 bits per heavy atom. The number of aromatic nitrogens is 2. The van der Waals surface area contributed by atoms with Gasteiger partial charge in [-0.3, -0.25) is 14.2 Å². The van der Waals surface area contributed by atoms with Crippen LogP contribution in [0.2, 0.25) is 0 Å². The van der Waals surface area contributed by atoms with Gasteiger partial charge in [-0.2, -0.15) is 0 Å². The third-order valence-corrected chi connectivity index (χ3v) is 5.97. The molecule has 0 spiro atoms. The lowest BCUT2D eigenvalue weighted by molar-refractivity contribution is 0.101. The minimum atomic E-state index is -0.120. The van der Waals surface area contributed by atoms with Gasteiger partial charge in [0.1, 0.15) is 5.75 Å². The number of Topliss-reactive ketones (excluding diaryl/α,β-unsaturated/α-hetero) is 1. The van der Waals surface area contributed by atoms with Crippen molar-refractivity contribution >= 4 is 44.4 Å². The van der Waals surface area contributed by atoms with E-state index in [0.717, 1.165) is 4.47 Å². The summed E-state index contributed by atoms with van der Waals surface area (Å²) in [6.07, 6.45) is 0.683. The summed E-state index contributed by atoms with van der Waals surface area (Å²) < 4.78 is 13.1. The minimum absolute atomic E-state index is 0.0801. The number of ether oxygens (including phenoxy) is 2. The highest BCUT2D eigenvalue weighted by Gasteiger charge is 2.16. The molecule has 3 rings (SSSR count). The van der Waals surface area contributed by atoms with Crippen molar-refractivity contribution in [1.29, 1.82) is 0 Å². The van der Waals surface area contributed by atoms with E-state index in [4.69, 9.17) is 9.47 Å². The number of carbonyl (C=O) groups excluding carboxylic acids is 1. The van der Waals surface area contributed by atoms with Crippen LogP contribution in [-0.4, -0.2) is 41.4 Å². The predicted octanol–water partition coefficient (Wildman–Crippen LogP) is 4.57. The molecule has 0 N–H and O–H groups in total. The molecular formula is C22H23BrN2O4S. The summed E-state index contributed by atoms with van der Waals surface area (Å²) in [4.78, 5) is 30.5. The summed E-state index contributed by atoms with van der Waals surface area (Å²) >= 11 is 4.67. The molecule has 0 fully saturated rings. The Morgan fingerprint density at radius 2 is 2.03 bits per heavy atom. The van der Waals surface area contributed by atoms with Gasteiger partial charge >= 0.3 is 0 Å². The van der Waals surface area contributed by atoms with Gasteiger partial charge < -0.3 is 9.47 Å². The summed E-state index contributed by atoms with van der Waals surface area (Å²) in [6.45, 7) is 3.60. The number of fused-ring (bicyclic) bond motifs is 1. The Hall–Kier alpha value is -2.16. The van der Waals surface area contributed by atoms with Crippen LogP contribution in [0.3, 0.4) is 0 Å². The molecule has 0 aliphatic carbocycles. The van der Waals surface area contributed by atoms with Crippen molar-refractivity contribution in [1.82, 2.24) is 9.55 Å². The highest BCUT2D eigenvalue weighted by atomic mass is 79.9. The van der Waals surface area contributed by atoms with Gasteiger partial charge in [-0.05, 0) is 43.7 Å². The van der Waals surface area contributed by atoms with Crippen LogP contribution in [0.4, 0.5) is 0 Å². The Bertz CT molecular complexity index is 1100. The van der Waals surface area contributed by atoms with Crippen molar-refractivity contribution in [3.8, 4) is 5.75 Å². The van der Waals surface area contributed by atoms with E-state index in [0.29, 0.717) is 53.6 Å². The maximum absolute atomic E-state index is 13.1. The van der Waals surface area contributed by atoms with E-state index in [1.54, 1.807) is 34.9 Å². The van der Waals surface area contributed by atoms with Gasteiger partial charge in [0.15, 0.2) is 10.9 Å². The fourth-order valence-electron chi connectivity index (χ4n) is 3.03. The zero-order valence-electron chi connectivity index (χ0n) is 16.9. The summed E-state index contributed by atoms with van der Waals surface area (Å²) in [5, 5.41) is 1.07. The number of ketones is 1. The van der Waals surface area contributed by atoms with E-state index in [1.165, 1.54) is 18.9 Å². The molecule has 3 aromatic rings. The van der Waals surface area contributed by atoms with E-state index in [-0.39, 0.29) is 17.1 Å². The number of methoxy groups -OCH3 is 1. The van der Waals surface area contributed by atoms with Crippen LogP contribution in [0.15, 0.2) is 56.9 Å². The summed E-state index contributed by atoms with van der Waals surface area (Å²) in [7, 11) is 1.54. The largest absolute Gasteiger partial charge is 0.496 e. The van der Waals surface area contributed by atoms with Gasteiger partial charge in [0.25, 0.3) is 5.56 Å². The molecule has 0 aliphatic heterocycles. The number of para-hydroxylation sites is 1. The van der Waals surface area contributed by atoms with Crippen molar-refractivity contribution in [2.24, 2.45) is 0 Å². The lowest BCUT2D eigenvalue weighted by atomic mass is 10.1. The van der Waals surface area contributed by atoms with Gasteiger partial charge in [-0.1, -0.05) is 39.8 Å². The second-order valence-corrected chi connectivity index (χ2v) is 8.33. The van der Waals surface area contributed by atoms with Gasteiger partial charge in [0.05, 0.1) is 29.3 Å². The Kier molecular flexibility index (Phi) is 8.07. The minimum Gasteiger partial charge on any atom is -0.496 e. The van der Waals surface area contributed by atoms with E-state index >= 15 is 0 Å². The zero-order valence-corrected chi connectivity index (χ0v) is 19.3. The van der Waals surface area contributed by atoms with Crippen LogP contribution >= 0.6 is 27.7 Å². The highest BCUT2D eigenvalue weighted by Crippen LogP contribution is 2.24. The molecule has 0 saturated carbocycles. The van der Waals surface area contributed by atoms with Crippen LogP contribution in [0.1, 0.15) is 23.7 Å². The molecule has 0 amide bonds. The number of halogens is 1. The molecule has 0 saturated heterocycles. The normalized spacial score (nSPS) is 11.0. The Labute approximate surface area is 187 Å². The van der Waals surface area contributed by atoms with Gasteiger partial charge in [0.2, 0.25) is 0 Å². The molecule has 158 valence electrons. The molecule has 0 unspecified atom stereocenters. The number of thioether (sulfide) groups is 1. The molecule has 0 bridgehead atoms. The molecule has 6 nitrogen and oxygen atoms in total. The smallest absolute Gasteiger partial charge is 0.262 e. The van der Waals surface area contributed by atoms with Crippen molar-refractivity contribution in [2.75, 3.05) is 26.1 Å². The Morgan fingerprint density at radius 3 is 2.80 bits per heavy atom. The SMILES string of the molecule is CCOCCCn1c(SCC(=O)c2ccccc2OC)nc2ccc(Br)cc2c1=O. The fourth-order valence-corrected chi connectivity index (χ4v) is 4.30. The number of hydrogen-bond donors (Lipinski definition) is 0. The van der Waals surface area contributed by atoms with Gasteiger partial charge in [-0.15, -0.1) is 0 Å². The molecule has 0 atom stereocenters. The number of rotatable bonds is 10. The van der Waals surface area contributed by atoms with Crippen LogP contribution in [0.25, 0.3) is 10.9 Å². The number of benzene rings is 2. The fraction of sp³-hybridized carbons (Fsp3) is 0.318. The average Bonchev–Trinajstić information content (AvgIpc) is 2.76. The third-order valence-electron chi connectivity index (χ3n) is 4.50. The summed E-state index contributed by atoms with van der Waals surface area (Å²) in [5.74, 6) is 0.609. The van der Waals surface area contributed by atoms with Crippen LogP contribution in [0.5, 0.6) is 5.75 Å². The first-order chi connectivity index (χ1) is 14.5. The molecular weight excluding hydrogens is 468 g/mol. The zero-order chi connectivity index (χ0) is 21.5. The van der Waals surface area contributed by atoms with Crippen molar-refractivity contribution < 1.29 is 14.3 Å². The quantitative estimate of drug-likeness (QED) is 0.179. The maximum Gasteiger partial charge on any atom is 0.262 e. The van der Waals surface area contributed by atoms with Crippen molar-refractivity contribution in [3.05, 3.63) is 62.9 Å². The number of carbonyl (C=O) groups is 1. The maximum atomic E-state index is 13.1. The van der Waals surface area contributed by atoms with E-state index in [9.17, 15) is 9.59 Å². The topological polar surface area (TPSA) is 70.4 Å². The summed E-state index contributed by atoms with van der Waals surface area (Å²) in [5.41, 5.74) is 1.00. The molecule has 1 aromatic heterocycles. The third kappa shape index (κ3) is 5.30. The molecule has 2 aromatic carbocycles. The highest BCUT2D eigenvalue weighted by molar-refractivity contribution is 9.10. The first-order valence-corrected chi connectivity index (χ1v) is 11.4. The number of nitrogens with zero attached hydrogens (tertiary/aromatic N) is 2. The number of hydrogen-bond acceptors (Lipinski definition) is 6. The second-order valence-electron chi connectivity index (χ2n) is 6.48. The lowest BCUT2D eigenvalue weighted by Gasteiger charge is -2.13. The first-order valence-electron chi connectivity index (χ1n) is 9.62. The van der Waals surface area contributed by atoms with E-state index < -0.39 is 0 Å². The monoisotopic (exact) mass is 490 g/mol. The van der Waals surface area contributed by atoms with Crippen LogP contribution in [-0.2, 0) is 11.3 Å². The summed E-state index contributed by atoms with van der Waals surface area (Å²) in [6, 6.07) is 12.5. The van der Waals surface area contributed by atoms with Crippen molar-refractivity contribution in [3.63, 3.8) is 0 Å². The molecule has 1 heterocycles. The second kappa shape index (κ2) is 10.7. The van der Waals surface area contributed by atoms with Gasteiger partial charge in [0, 0.05) is 24.2 Å².